The van der Waals surface area contributed by atoms with Crippen LogP contribution in [-0.2, 0) is 10.0 Å². The summed E-state index contributed by atoms with van der Waals surface area (Å²) in [5.41, 5.74) is 0.348. The molecule has 0 bridgehead atoms. The number of hydrogen-bond donors (Lipinski definition) is 0. The molecule has 0 saturated carbocycles. The topological polar surface area (TPSA) is 37.4 Å². The Hall–Kier alpha value is 0.770. The molecule has 0 radical (unpaired) electrons. The second-order valence-electron chi connectivity index (χ2n) is 3.56. The molecule has 114 valence electrons. The molecule has 0 aliphatic rings. The van der Waals surface area contributed by atoms with Crippen LogP contribution in [-0.4, -0.2) is 22.7 Å². The zero-order chi connectivity index (χ0) is 15.6. The van der Waals surface area contributed by atoms with Gasteiger partial charge in [-0.15, -0.1) is 23.2 Å². The molecule has 0 N–H and O–H groups in total. The monoisotopic (exact) mass is 415 g/mol. The smallest absolute Gasteiger partial charge is 0.209 e. The summed E-state index contributed by atoms with van der Waals surface area (Å²) < 4.78 is 23.6. The van der Waals surface area contributed by atoms with Gasteiger partial charge in [0.25, 0.3) is 0 Å². The number of halogens is 5. The van der Waals surface area contributed by atoms with Crippen molar-refractivity contribution in [3.05, 3.63) is 29.3 Å². The van der Waals surface area contributed by atoms with Gasteiger partial charge in [0.1, 0.15) is 0 Å². The van der Waals surface area contributed by atoms with Crippen LogP contribution in [0.4, 0.5) is 5.69 Å². The predicted octanol–water partition coefficient (Wildman–Crippen LogP) is 5.08. The van der Waals surface area contributed by atoms with E-state index < -0.39 is 18.5 Å². The van der Waals surface area contributed by atoms with Gasteiger partial charge in [0, 0.05) is 17.0 Å². The van der Waals surface area contributed by atoms with Crippen LogP contribution >= 0.6 is 70.0 Å². The van der Waals surface area contributed by atoms with E-state index in [1.54, 1.807) is 12.1 Å². The first-order chi connectivity index (χ1) is 9.10. The van der Waals surface area contributed by atoms with Crippen molar-refractivity contribution < 1.29 is 8.42 Å². The molecule has 0 heterocycles. The Bertz CT molecular complexity index is 547. The van der Waals surface area contributed by atoms with Crippen LogP contribution in [0.25, 0.3) is 0 Å². The molecule has 0 unspecified atom stereocenters. The molecule has 0 saturated heterocycles. The Morgan fingerprint density at radius 2 is 1.75 bits per heavy atom. The molecule has 0 amide bonds. The molecule has 1 aromatic rings. The van der Waals surface area contributed by atoms with E-state index in [-0.39, 0.29) is 5.75 Å². The summed E-state index contributed by atoms with van der Waals surface area (Å²) in [6, 6.07) is 6.17. The highest BCUT2D eigenvalue weighted by Crippen LogP contribution is 2.46. The van der Waals surface area contributed by atoms with Crippen LogP contribution in [0, 0.1) is 0 Å². The van der Waals surface area contributed by atoms with Crippen LogP contribution < -0.4 is 3.71 Å². The van der Waals surface area contributed by atoms with Gasteiger partial charge in [0.2, 0.25) is 13.7 Å². The average Bonchev–Trinajstić information content (AvgIpc) is 2.37. The van der Waals surface area contributed by atoms with Gasteiger partial charge in [-0.05, 0) is 31.2 Å². The molecule has 0 atom stereocenters. The highest BCUT2D eigenvalue weighted by atomic mass is 35.5. The third-order valence-corrected chi connectivity index (χ3v) is 7.78. The third-order valence-electron chi connectivity index (χ3n) is 2.11. The maximum Gasteiger partial charge on any atom is 0.244 e. The fourth-order valence-electron chi connectivity index (χ4n) is 1.10. The number of sulfonamides is 1. The molecule has 0 aliphatic heterocycles. The van der Waals surface area contributed by atoms with E-state index in [0.29, 0.717) is 22.7 Å². The van der Waals surface area contributed by atoms with Crippen LogP contribution in [0.3, 0.4) is 0 Å². The van der Waals surface area contributed by atoms with Crippen LogP contribution in [0.1, 0.15) is 6.92 Å². The molecule has 0 aromatic heterocycles. The highest BCUT2D eigenvalue weighted by molar-refractivity contribution is 8.16. The summed E-state index contributed by atoms with van der Waals surface area (Å²) in [4.78, 5) is -1.18. The van der Waals surface area contributed by atoms with Crippen molar-refractivity contribution in [2.75, 3.05) is 9.46 Å². The van der Waals surface area contributed by atoms with E-state index >= 15 is 0 Å². The third kappa shape index (κ3) is 4.90. The molecule has 10 heteroatoms. The lowest BCUT2D eigenvalue weighted by Crippen LogP contribution is -2.32. The van der Waals surface area contributed by atoms with Crippen molar-refractivity contribution in [3.8, 4) is 0 Å². The Morgan fingerprint density at radius 1 is 1.25 bits per heavy atom. The summed E-state index contributed by atoms with van der Waals surface area (Å²) in [5.74, 6) is -0.137. The standard InChI is InChI=1S/C10H10Cl5NO2S2/c1-2-20(17,18)16(19-10(14,15)9(12)13)8-5-3-7(11)4-6-8/h3-6,9H,2H2,1H3. The van der Waals surface area contributed by atoms with E-state index in [0.717, 1.165) is 3.71 Å². The Balaban J connectivity index is 3.20. The molecule has 0 fully saturated rings. The second kappa shape index (κ2) is 7.36. The van der Waals surface area contributed by atoms with E-state index in [1.807, 2.05) is 0 Å². The predicted molar refractivity (Wildman–Crippen MR) is 90.9 cm³/mol. The van der Waals surface area contributed by atoms with Gasteiger partial charge in [-0.1, -0.05) is 34.8 Å². The summed E-state index contributed by atoms with van der Waals surface area (Å²) in [5, 5.41) is 0.475. The highest BCUT2D eigenvalue weighted by Gasteiger charge is 2.39. The fourth-order valence-corrected chi connectivity index (χ4v) is 4.45. The zero-order valence-corrected chi connectivity index (χ0v) is 15.5. The molecule has 1 aromatic carbocycles. The van der Waals surface area contributed by atoms with Crippen molar-refractivity contribution in [2.45, 2.75) is 15.4 Å². The molecular formula is C10H10Cl5NO2S2. The Kier molecular flexibility index (Phi) is 6.92. The molecule has 0 aliphatic carbocycles. The van der Waals surface area contributed by atoms with Crippen molar-refractivity contribution in [1.29, 1.82) is 0 Å². The lowest BCUT2D eigenvalue weighted by atomic mass is 10.3. The van der Waals surface area contributed by atoms with Crippen LogP contribution in [0.2, 0.25) is 5.02 Å². The quantitative estimate of drug-likeness (QED) is 0.478. The van der Waals surface area contributed by atoms with Gasteiger partial charge in [-0.2, -0.15) is 0 Å². The Morgan fingerprint density at radius 3 is 2.15 bits per heavy atom. The van der Waals surface area contributed by atoms with Gasteiger partial charge >= 0.3 is 0 Å². The summed E-state index contributed by atoms with van der Waals surface area (Å²) in [7, 11) is -3.63. The summed E-state index contributed by atoms with van der Waals surface area (Å²) in [6.45, 7) is 1.50. The van der Waals surface area contributed by atoms with Crippen LogP contribution in [0.15, 0.2) is 24.3 Å². The number of hydrogen-bond acceptors (Lipinski definition) is 3. The molecule has 0 spiro atoms. The maximum atomic E-state index is 12.2. The van der Waals surface area contributed by atoms with Crippen molar-refractivity contribution >= 4 is 85.7 Å². The molecule has 1 rings (SSSR count). The minimum absolute atomic E-state index is 0.137. The molecular weight excluding hydrogens is 408 g/mol. The minimum atomic E-state index is -3.63. The first-order valence-corrected chi connectivity index (χ1v) is 9.62. The Labute approximate surface area is 147 Å². The fraction of sp³-hybridized carbons (Fsp3) is 0.400. The number of anilines is 1. The molecule has 20 heavy (non-hydrogen) atoms. The maximum absolute atomic E-state index is 12.2. The van der Waals surface area contributed by atoms with Gasteiger partial charge in [0.05, 0.1) is 11.4 Å². The van der Waals surface area contributed by atoms with E-state index in [9.17, 15) is 8.42 Å². The normalized spacial score (nSPS) is 12.8. The minimum Gasteiger partial charge on any atom is -0.209 e. The van der Waals surface area contributed by atoms with Crippen molar-refractivity contribution in [2.24, 2.45) is 0 Å². The van der Waals surface area contributed by atoms with E-state index in [1.165, 1.54) is 19.1 Å². The van der Waals surface area contributed by atoms with E-state index in [4.69, 9.17) is 58.0 Å². The lowest BCUT2D eigenvalue weighted by Gasteiger charge is -2.29. The first kappa shape index (κ1) is 18.8. The largest absolute Gasteiger partial charge is 0.244 e. The summed E-state index contributed by atoms with van der Waals surface area (Å²) >= 11 is 29.6. The van der Waals surface area contributed by atoms with Gasteiger partial charge in [-0.25, -0.2) is 12.1 Å². The molecule has 3 nitrogen and oxygen atoms in total. The second-order valence-corrected chi connectivity index (χ2v) is 10.5. The average molecular weight is 418 g/mol. The SMILES string of the molecule is CCS(=O)(=O)N(SC(Cl)(Cl)C(Cl)Cl)c1ccc(Cl)cc1. The van der Waals surface area contributed by atoms with Crippen LogP contribution in [0.5, 0.6) is 0 Å². The number of alkyl halides is 4. The summed E-state index contributed by atoms with van der Waals surface area (Å²) in [6.07, 6.45) is 0. The zero-order valence-electron chi connectivity index (χ0n) is 10.1. The van der Waals surface area contributed by atoms with Gasteiger partial charge in [-0.3, -0.25) is 0 Å². The number of rotatable bonds is 6. The van der Waals surface area contributed by atoms with E-state index in [2.05, 4.69) is 0 Å². The van der Waals surface area contributed by atoms with Gasteiger partial charge in [0.15, 0.2) is 4.84 Å². The number of nitrogens with zero attached hydrogens (tertiary/aromatic N) is 1. The number of benzene rings is 1. The lowest BCUT2D eigenvalue weighted by molar-refractivity contribution is 0.599. The van der Waals surface area contributed by atoms with Crippen molar-refractivity contribution in [1.82, 2.24) is 0 Å². The first-order valence-electron chi connectivity index (χ1n) is 5.24. The van der Waals surface area contributed by atoms with Crippen molar-refractivity contribution in [3.63, 3.8) is 0 Å². The van der Waals surface area contributed by atoms with Gasteiger partial charge < -0.3 is 0 Å².